The number of anilines is 1. The molecule has 1 fully saturated rings. The fourth-order valence-electron chi connectivity index (χ4n) is 2.42. The van der Waals surface area contributed by atoms with Gasteiger partial charge in [0.25, 0.3) is 5.69 Å². The molecule has 0 N–H and O–H groups in total. The van der Waals surface area contributed by atoms with Crippen LogP contribution in [0.4, 0.5) is 11.4 Å². The molecule has 0 radical (unpaired) electrons. The highest BCUT2D eigenvalue weighted by Gasteiger charge is 2.22. The molecule has 1 amide bonds. The van der Waals surface area contributed by atoms with Crippen LogP contribution in [0.2, 0.25) is 0 Å². The average Bonchev–Trinajstić information content (AvgIpc) is 2.53. The fraction of sp³-hybridized carbons (Fsp3) is 0.429. The highest BCUT2D eigenvalue weighted by molar-refractivity contribution is 5.76. The molecular formula is C14H16N4O3. The molecule has 7 nitrogen and oxygen atoms in total. The minimum absolute atomic E-state index is 0.0879. The second-order valence-corrected chi connectivity index (χ2v) is 4.79. The highest BCUT2D eigenvalue weighted by atomic mass is 16.6. The number of benzene rings is 1. The Morgan fingerprint density at radius 1 is 1.38 bits per heavy atom. The highest BCUT2D eigenvalue weighted by Crippen LogP contribution is 2.25. The molecule has 0 aromatic heterocycles. The number of non-ortho nitro benzene ring substituents is 1. The molecule has 0 spiro atoms. The number of nitrogens with zero attached hydrogens (tertiary/aromatic N) is 4. The van der Waals surface area contributed by atoms with Crippen LogP contribution in [0, 0.1) is 21.4 Å². The van der Waals surface area contributed by atoms with E-state index in [1.165, 1.54) is 12.1 Å². The molecule has 1 aromatic carbocycles. The van der Waals surface area contributed by atoms with Crippen molar-refractivity contribution in [1.29, 1.82) is 5.26 Å². The van der Waals surface area contributed by atoms with E-state index < -0.39 is 4.92 Å². The maximum atomic E-state index is 11.6. The zero-order valence-electron chi connectivity index (χ0n) is 11.8. The van der Waals surface area contributed by atoms with E-state index in [9.17, 15) is 14.9 Å². The minimum Gasteiger partial charge on any atom is -0.367 e. The van der Waals surface area contributed by atoms with Gasteiger partial charge in [-0.2, -0.15) is 5.26 Å². The topological polar surface area (TPSA) is 90.5 Å². The first kappa shape index (κ1) is 14.8. The molecule has 1 aromatic rings. The van der Waals surface area contributed by atoms with E-state index in [0.717, 1.165) is 0 Å². The van der Waals surface area contributed by atoms with Gasteiger partial charge in [0.15, 0.2) is 0 Å². The quantitative estimate of drug-likeness (QED) is 0.621. The maximum absolute atomic E-state index is 11.6. The summed E-state index contributed by atoms with van der Waals surface area (Å²) in [6.45, 7) is 4.29. The summed E-state index contributed by atoms with van der Waals surface area (Å²) < 4.78 is 0. The molecular weight excluding hydrogens is 272 g/mol. The molecule has 0 bridgehead atoms. The molecule has 2 rings (SSSR count). The Labute approximate surface area is 122 Å². The first-order valence-corrected chi connectivity index (χ1v) is 6.78. The van der Waals surface area contributed by atoms with Gasteiger partial charge in [0, 0.05) is 44.7 Å². The largest absolute Gasteiger partial charge is 0.367 e. The molecule has 0 saturated carbocycles. The molecule has 1 saturated heterocycles. The number of nitro benzene ring substituents is 1. The van der Waals surface area contributed by atoms with Gasteiger partial charge in [0.1, 0.15) is 6.07 Å². The molecule has 0 aliphatic carbocycles. The van der Waals surface area contributed by atoms with Gasteiger partial charge in [-0.05, 0) is 6.07 Å². The lowest BCUT2D eigenvalue weighted by Gasteiger charge is -2.36. The van der Waals surface area contributed by atoms with Crippen LogP contribution in [-0.2, 0) is 4.79 Å². The summed E-state index contributed by atoms with van der Waals surface area (Å²) in [6.07, 6.45) is 0.487. The van der Waals surface area contributed by atoms with E-state index >= 15 is 0 Å². The van der Waals surface area contributed by atoms with Crippen molar-refractivity contribution in [3.63, 3.8) is 0 Å². The zero-order chi connectivity index (χ0) is 15.4. The summed E-state index contributed by atoms with van der Waals surface area (Å²) in [6, 6.07) is 6.30. The van der Waals surface area contributed by atoms with Gasteiger partial charge in [-0.15, -0.1) is 0 Å². The number of nitriles is 1. The van der Waals surface area contributed by atoms with E-state index in [1.54, 1.807) is 11.0 Å². The predicted octanol–water partition coefficient (Wildman–Crippen LogP) is 1.53. The summed E-state index contributed by atoms with van der Waals surface area (Å²) in [7, 11) is 0. The Hall–Kier alpha value is -2.62. The molecule has 1 aliphatic heterocycles. The number of carbonyl (C=O) groups is 1. The number of hydrogen-bond acceptors (Lipinski definition) is 5. The number of hydrogen-bond donors (Lipinski definition) is 0. The van der Waals surface area contributed by atoms with Crippen LogP contribution < -0.4 is 4.90 Å². The van der Waals surface area contributed by atoms with Crippen LogP contribution in [0.5, 0.6) is 0 Å². The predicted molar refractivity (Wildman–Crippen MR) is 76.9 cm³/mol. The van der Waals surface area contributed by atoms with Crippen molar-refractivity contribution < 1.29 is 9.72 Å². The standard InChI is InChI=1S/C14H16N4O3/c1-2-14(19)17-7-5-16(6-8-17)13-4-3-12(18(20)21)9-11(13)10-15/h3-4,9H,2,5-8H2,1H3. The molecule has 0 atom stereocenters. The first-order chi connectivity index (χ1) is 10.1. The van der Waals surface area contributed by atoms with Crippen molar-refractivity contribution in [2.45, 2.75) is 13.3 Å². The van der Waals surface area contributed by atoms with E-state index in [0.29, 0.717) is 43.9 Å². The average molecular weight is 288 g/mol. The third-order valence-corrected chi connectivity index (χ3v) is 3.59. The van der Waals surface area contributed by atoms with Crippen LogP contribution in [0.25, 0.3) is 0 Å². The number of nitro groups is 1. The van der Waals surface area contributed by atoms with E-state index in [4.69, 9.17) is 5.26 Å². The Bertz CT molecular complexity index is 601. The van der Waals surface area contributed by atoms with Crippen LogP contribution in [-0.4, -0.2) is 41.9 Å². The summed E-state index contributed by atoms with van der Waals surface area (Å²) in [5.74, 6) is 0.124. The second-order valence-electron chi connectivity index (χ2n) is 4.79. The van der Waals surface area contributed by atoms with E-state index in [2.05, 4.69) is 0 Å². The lowest BCUT2D eigenvalue weighted by atomic mass is 10.1. The number of amides is 1. The van der Waals surface area contributed by atoms with Crippen molar-refractivity contribution in [3.05, 3.63) is 33.9 Å². The van der Waals surface area contributed by atoms with Gasteiger partial charge < -0.3 is 9.80 Å². The molecule has 1 aliphatic rings. The van der Waals surface area contributed by atoms with Crippen molar-refractivity contribution in [1.82, 2.24) is 4.90 Å². The van der Waals surface area contributed by atoms with Crippen molar-refractivity contribution in [2.75, 3.05) is 31.1 Å². The summed E-state index contributed by atoms with van der Waals surface area (Å²) >= 11 is 0. The number of piperazine rings is 1. The summed E-state index contributed by atoms with van der Waals surface area (Å²) in [5.41, 5.74) is 0.890. The molecule has 7 heteroatoms. The van der Waals surface area contributed by atoms with Crippen LogP contribution in [0.15, 0.2) is 18.2 Å². The Balaban J connectivity index is 2.15. The first-order valence-electron chi connectivity index (χ1n) is 6.78. The van der Waals surface area contributed by atoms with Crippen molar-refractivity contribution in [3.8, 4) is 6.07 Å². The van der Waals surface area contributed by atoms with E-state index in [1.807, 2.05) is 17.9 Å². The smallest absolute Gasteiger partial charge is 0.270 e. The Morgan fingerprint density at radius 3 is 2.57 bits per heavy atom. The third-order valence-electron chi connectivity index (χ3n) is 3.59. The Morgan fingerprint density at radius 2 is 2.05 bits per heavy atom. The lowest BCUT2D eigenvalue weighted by Crippen LogP contribution is -2.48. The molecule has 0 unspecified atom stereocenters. The Kier molecular flexibility index (Phi) is 4.38. The van der Waals surface area contributed by atoms with Crippen molar-refractivity contribution >= 4 is 17.3 Å². The van der Waals surface area contributed by atoms with E-state index in [-0.39, 0.29) is 11.6 Å². The second kappa shape index (κ2) is 6.22. The van der Waals surface area contributed by atoms with Gasteiger partial charge in [0.05, 0.1) is 16.2 Å². The molecule has 1 heterocycles. The SMILES string of the molecule is CCC(=O)N1CCN(c2ccc([N+](=O)[O-])cc2C#N)CC1. The lowest BCUT2D eigenvalue weighted by molar-refractivity contribution is -0.384. The molecule has 21 heavy (non-hydrogen) atoms. The number of carbonyl (C=O) groups excluding carboxylic acids is 1. The van der Waals surface area contributed by atoms with Gasteiger partial charge in [-0.3, -0.25) is 14.9 Å². The van der Waals surface area contributed by atoms with Gasteiger partial charge in [0.2, 0.25) is 5.91 Å². The number of rotatable bonds is 3. The van der Waals surface area contributed by atoms with Gasteiger partial charge >= 0.3 is 0 Å². The van der Waals surface area contributed by atoms with Crippen LogP contribution in [0.3, 0.4) is 0 Å². The van der Waals surface area contributed by atoms with Gasteiger partial charge in [-0.25, -0.2) is 0 Å². The van der Waals surface area contributed by atoms with Gasteiger partial charge in [-0.1, -0.05) is 6.92 Å². The van der Waals surface area contributed by atoms with Crippen LogP contribution >= 0.6 is 0 Å². The third kappa shape index (κ3) is 3.11. The molecule has 110 valence electrons. The summed E-state index contributed by atoms with van der Waals surface area (Å²) in [5, 5.41) is 19.9. The van der Waals surface area contributed by atoms with Crippen molar-refractivity contribution in [2.24, 2.45) is 0 Å². The summed E-state index contributed by atoms with van der Waals surface area (Å²) in [4.78, 5) is 25.7. The van der Waals surface area contributed by atoms with Crippen LogP contribution in [0.1, 0.15) is 18.9 Å². The zero-order valence-corrected chi connectivity index (χ0v) is 11.8. The normalized spacial score (nSPS) is 14.7. The monoisotopic (exact) mass is 288 g/mol. The maximum Gasteiger partial charge on any atom is 0.270 e. The fourth-order valence-corrected chi connectivity index (χ4v) is 2.42. The minimum atomic E-state index is -0.511.